The molecule has 0 saturated carbocycles. The van der Waals surface area contributed by atoms with Crippen molar-refractivity contribution in [1.82, 2.24) is 26.1 Å². The molecule has 0 saturated heterocycles. The number of para-hydroxylation sites is 1. The highest BCUT2D eigenvalue weighted by Gasteiger charge is 2.25. The van der Waals surface area contributed by atoms with Gasteiger partial charge in [0, 0.05) is 17.1 Å². The van der Waals surface area contributed by atoms with E-state index in [1.54, 1.807) is 36.5 Å². The number of aromatic nitrogens is 2. The third-order valence-electron chi connectivity index (χ3n) is 5.74. The maximum atomic E-state index is 13.2. The normalized spacial score (nSPS) is 11.7. The number of carbonyl (C=O) groups is 3. The summed E-state index contributed by atoms with van der Waals surface area (Å²) < 4.78 is 0. The molecule has 0 aliphatic carbocycles. The van der Waals surface area contributed by atoms with E-state index in [4.69, 9.17) is 0 Å². The molecule has 2 heterocycles. The number of hydrogen-bond donors (Lipinski definition) is 3. The van der Waals surface area contributed by atoms with E-state index in [0.717, 1.165) is 5.56 Å². The summed E-state index contributed by atoms with van der Waals surface area (Å²) in [6.45, 7) is 5.56. The van der Waals surface area contributed by atoms with Crippen molar-refractivity contribution in [1.29, 1.82) is 0 Å². The lowest BCUT2D eigenvalue weighted by atomic mass is 10.0. The van der Waals surface area contributed by atoms with Crippen LogP contribution in [0.5, 0.6) is 0 Å². The van der Waals surface area contributed by atoms with Crippen molar-refractivity contribution in [3.05, 3.63) is 95.7 Å². The molecule has 4 aromatic rings. The second kappa shape index (κ2) is 10.8. The predicted octanol–water partition coefficient (Wildman–Crippen LogP) is 3.82. The first-order valence-corrected chi connectivity index (χ1v) is 11.6. The van der Waals surface area contributed by atoms with E-state index in [2.05, 4.69) is 26.1 Å². The molecule has 0 aliphatic rings. The van der Waals surface area contributed by atoms with E-state index in [9.17, 15) is 14.4 Å². The molecular formula is C28H27N5O3. The largest absolute Gasteiger partial charge is 0.340 e. The zero-order valence-electron chi connectivity index (χ0n) is 20.3. The third-order valence-corrected chi connectivity index (χ3v) is 5.74. The summed E-state index contributed by atoms with van der Waals surface area (Å²) >= 11 is 0. The lowest BCUT2D eigenvalue weighted by molar-refractivity contribution is -0.124. The predicted molar refractivity (Wildman–Crippen MR) is 138 cm³/mol. The summed E-state index contributed by atoms with van der Waals surface area (Å²) in [6, 6.07) is 20.6. The monoisotopic (exact) mass is 481 g/mol. The van der Waals surface area contributed by atoms with Gasteiger partial charge in [0.25, 0.3) is 17.7 Å². The number of amides is 3. The van der Waals surface area contributed by atoms with Gasteiger partial charge in [-0.05, 0) is 49.2 Å². The van der Waals surface area contributed by atoms with E-state index >= 15 is 0 Å². The highest BCUT2D eigenvalue weighted by molar-refractivity contribution is 6.07. The van der Waals surface area contributed by atoms with Crippen LogP contribution >= 0.6 is 0 Å². The Morgan fingerprint density at radius 2 is 1.53 bits per heavy atom. The standard InChI is InChI=1S/C28H27N5O3/c1-17(2)25(31-26(34)19-13-11-18(3)12-14-19)28(36)33-32-27(35)21-16-24(23-10-6-7-15-29-23)30-22-9-5-4-8-20(21)22/h4-17,25H,1-3H3,(H,31,34)(H,32,35)(H,33,36). The number of carbonyl (C=O) groups excluding carboxylic acids is 3. The Kier molecular flexibility index (Phi) is 7.34. The van der Waals surface area contributed by atoms with Crippen molar-refractivity contribution >= 4 is 28.6 Å². The Hall–Kier alpha value is -4.59. The van der Waals surface area contributed by atoms with E-state index in [1.165, 1.54) is 0 Å². The van der Waals surface area contributed by atoms with Crippen LogP contribution in [0.2, 0.25) is 0 Å². The van der Waals surface area contributed by atoms with Crippen LogP contribution in [0.15, 0.2) is 79.0 Å². The Balaban J connectivity index is 1.51. The zero-order chi connectivity index (χ0) is 25.7. The van der Waals surface area contributed by atoms with E-state index < -0.39 is 17.9 Å². The van der Waals surface area contributed by atoms with Gasteiger partial charge in [-0.3, -0.25) is 30.2 Å². The fraction of sp³-hybridized carbons (Fsp3) is 0.179. The van der Waals surface area contributed by atoms with Gasteiger partial charge in [0.05, 0.1) is 22.5 Å². The molecule has 8 heteroatoms. The van der Waals surface area contributed by atoms with Gasteiger partial charge in [0.2, 0.25) is 0 Å². The van der Waals surface area contributed by atoms with Crippen molar-refractivity contribution in [2.75, 3.05) is 0 Å². The SMILES string of the molecule is Cc1ccc(C(=O)NC(C(=O)NNC(=O)c2cc(-c3ccccn3)nc3ccccc23)C(C)C)cc1. The number of hydrogen-bond acceptors (Lipinski definition) is 5. The summed E-state index contributed by atoms with van der Waals surface area (Å²) in [5.41, 5.74) is 8.56. The third kappa shape index (κ3) is 5.55. The highest BCUT2D eigenvalue weighted by atomic mass is 16.2. The summed E-state index contributed by atoms with van der Waals surface area (Å²) in [6.07, 6.45) is 1.66. The first kappa shape index (κ1) is 24.5. The Morgan fingerprint density at radius 1 is 0.806 bits per heavy atom. The quantitative estimate of drug-likeness (QED) is 0.363. The summed E-state index contributed by atoms with van der Waals surface area (Å²) in [4.78, 5) is 47.7. The Morgan fingerprint density at radius 3 is 2.22 bits per heavy atom. The second-order valence-corrected chi connectivity index (χ2v) is 8.79. The van der Waals surface area contributed by atoms with E-state index in [-0.39, 0.29) is 11.8 Å². The Bertz CT molecular complexity index is 1400. The first-order valence-electron chi connectivity index (χ1n) is 11.6. The van der Waals surface area contributed by atoms with Gasteiger partial charge in [-0.2, -0.15) is 0 Å². The van der Waals surface area contributed by atoms with Crippen LogP contribution in [0.3, 0.4) is 0 Å². The molecule has 4 rings (SSSR count). The number of pyridine rings is 2. The topological polar surface area (TPSA) is 113 Å². The van der Waals surface area contributed by atoms with E-state index in [0.29, 0.717) is 33.4 Å². The zero-order valence-corrected chi connectivity index (χ0v) is 20.3. The number of nitrogens with one attached hydrogen (secondary N) is 3. The molecule has 2 aromatic heterocycles. The Labute approximate surface area is 209 Å². The molecule has 3 N–H and O–H groups in total. The lowest BCUT2D eigenvalue weighted by Gasteiger charge is -2.22. The molecule has 0 aliphatic heterocycles. The maximum Gasteiger partial charge on any atom is 0.270 e. The van der Waals surface area contributed by atoms with Gasteiger partial charge < -0.3 is 5.32 Å². The van der Waals surface area contributed by atoms with Gasteiger partial charge in [-0.15, -0.1) is 0 Å². The van der Waals surface area contributed by atoms with Crippen molar-refractivity contribution < 1.29 is 14.4 Å². The maximum absolute atomic E-state index is 13.2. The van der Waals surface area contributed by atoms with Crippen LogP contribution in [-0.4, -0.2) is 33.7 Å². The minimum Gasteiger partial charge on any atom is -0.340 e. The second-order valence-electron chi connectivity index (χ2n) is 8.79. The van der Waals surface area contributed by atoms with Gasteiger partial charge in [-0.1, -0.05) is 55.8 Å². The van der Waals surface area contributed by atoms with Crippen molar-refractivity contribution in [3.8, 4) is 11.4 Å². The van der Waals surface area contributed by atoms with E-state index in [1.807, 2.05) is 63.2 Å². The summed E-state index contributed by atoms with van der Waals surface area (Å²) in [7, 11) is 0. The number of nitrogens with zero attached hydrogens (tertiary/aromatic N) is 2. The van der Waals surface area contributed by atoms with Crippen LogP contribution in [0.4, 0.5) is 0 Å². The lowest BCUT2D eigenvalue weighted by Crippen LogP contribution is -2.54. The van der Waals surface area contributed by atoms with Crippen LogP contribution in [0, 0.1) is 12.8 Å². The highest BCUT2D eigenvalue weighted by Crippen LogP contribution is 2.23. The molecule has 2 aromatic carbocycles. The molecule has 1 unspecified atom stereocenters. The molecule has 182 valence electrons. The van der Waals surface area contributed by atoms with Crippen LogP contribution in [0.1, 0.15) is 40.1 Å². The van der Waals surface area contributed by atoms with Crippen LogP contribution < -0.4 is 16.2 Å². The minimum atomic E-state index is -0.850. The average Bonchev–Trinajstić information content (AvgIpc) is 2.90. The van der Waals surface area contributed by atoms with Gasteiger partial charge >= 0.3 is 0 Å². The minimum absolute atomic E-state index is 0.214. The first-order chi connectivity index (χ1) is 17.3. The van der Waals surface area contributed by atoms with Crippen molar-refractivity contribution in [2.45, 2.75) is 26.8 Å². The molecule has 0 bridgehead atoms. The van der Waals surface area contributed by atoms with Crippen molar-refractivity contribution in [2.24, 2.45) is 5.92 Å². The summed E-state index contributed by atoms with van der Waals surface area (Å²) in [5.74, 6) is -1.61. The van der Waals surface area contributed by atoms with Crippen LogP contribution in [-0.2, 0) is 4.79 Å². The smallest absolute Gasteiger partial charge is 0.270 e. The number of aryl methyl sites for hydroxylation is 1. The van der Waals surface area contributed by atoms with Gasteiger partial charge in [0.1, 0.15) is 6.04 Å². The fourth-order valence-electron chi connectivity index (χ4n) is 3.74. The number of hydrazine groups is 1. The molecule has 36 heavy (non-hydrogen) atoms. The number of rotatable bonds is 6. The average molecular weight is 482 g/mol. The molecule has 0 radical (unpaired) electrons. The van der Waals surface area contributed by atoms with Crippen molar-refractivity contribution in [3.63, 3.8) is 0 Å². The molecule has 0 fully saturated rings. The molecular weight excluding hydrogens is 454 g/mol. The van der Waals surface area contributed by atoms with Crippen LogP contribution in [0.25, 0.3) is 22.3 Å². The molecule has 8 nitrogen and oxygen atoms in total. The molecule has 3 amide bonds. The van der Waals surface area contributed by atoms with Gasteiger partial charge in [0.15, 0.2) is 0 Å². The molecule has 1 atom stereocenters. The fourth-order valence-corrected chi connectivity index (χ4v) is 3.74. The molecule has 0 spiro atoms. The number of fused-ring (bicyclic) bond motifs is 1. The van der Waals surface area contributed by atoms with Gasteiger partial charge in [-0.25, -0.2) is 4.98 Å². The number of benzene rings is 2. The summed E-state index contributed by atoms with van der Waals surface area (Å²) in [5, 5.41) is 3.39.